The quantitative estimate of drug-likeness (QED) is 0.746. The van der Waals surface area contributed by atoms with E-state index in [4.69, 9.17) is 14.3 Å². The van der Waals surface area contributed by atoms with Crippen LogP contribution < -0.4 is 9.47 Å². The molecule has 1 unspecified atom stereocenters. The third kappa shape index (κ3) is 3.88. The zero-order chi connectivity index (χ0) is 18.0. The van der Waals surface area contributed by atoms with Crippen LogP contribution in [0.15, 0.2) is 53.6 Å². The standard InChI is InChI=1S/C18H17FN2O3S/c1-23-14-3-4-16-17(10-14)21-6-5-18(16)24-11-12-7-13(19)9-15(8-12)25(2,20)22/h3-10,20H,11H2,1-2H3. The number of pyridine rings is 1. The Kier molecular flexibility index (Phi) is 4.59. The lowest BCUT2D eigenvalue weighted by Crippen LogP contribution is -2.01. The minimum Gasteiger partial charge on any atom is -0.497 e. The zero-order valence-electron chi connectivity index (χ0n) is 13.8. The lowest BCUT2D eigenvalue weighted by molar-refractivity contribution is 0.309. The summed E-state index contributed by atoms with van der Waals surface area (Å²) in [5.41, 5.74) is 1.23. The van der Waals surface area contributed by atoms with Crippen molar-refractivity contribution in [2.45, 2.75) is 11.5 Å². The van der Waals surface area contributed by atoms with Crippen molar-refractivity contribution >= 4 is 20.6 Å². The van der Waals surface area contributed by atoms with E-state index in [1.54, 1.807) is 25.4 Å². The average Bonchev–Trinajstić information content (AvgIpc) is 2.58. The van der Waals surface area contributed by atoms with Crippen LogP contribution in [0.25, 0.3) is 10.9 Å². The fraction of sp³-hybridized carbons (Fsp3) is 0.167. The van der Waals surface area contributed by atoms with E-state index in [0.29, 0.717) is 17.1 Å². The first-order valence-corrected chi connectivity index (χ1v) is 9.42. The Balaban J connectivity index is 1.89. The summed E-state index contributed by atoms with van der Waals surface area (Å²) in [4.78, 5) is 4.43. The molecule has 0 saturated heterocycles. The van der Waals surface area contributed by atoms with Crippen molar-refractivity contribution in [3.63, 3.8) is 0 Å². The fourth-order valence-corrected chi connectivity index (χ4v) is 3.16. The molecule has 0 spiro atoms. The average molecular weight is 360 g/mol. The molecule has 0 fully saturated rings. The van der Waals surface area contributed by atoms with E-state index in [2.05, 4.69) is 4.98 Å². The zero-order valence-corrected chi connectivity index (χ0v) is 14.6. The lowest BCUT2D eigenvalue weighted by atomic mass is 10.2. The van der Waals surface area contributed by atoms with E-state index in [1.807, 2.05) is 12.1 Å². The minimum absolute atomic E-state index is 0.0887. The van der Waals surface area contributed by atoms with Crippen molar-refractivity contribution < 1.29 is 18.1 Å². The molecule has 0 aliphatic carbocycles. The van der Waals surface area contributed by atoms with Crippen molar-refractivity contribution in [2.75, 3.05) is 13.4 Å². The number of hydrogen-bond donors (Lipinski definition) is 1. The summed E-state index contributed by atoms with van der Waals surface area (Å²) in [6, 6.07) is 11.1. The lowest BCUT2D eigenvalue weighted by Gasteiger charge is -2.11. The Morgan fingerprint density at radius 2 is 2.00 bits per heavy atom. The van der Waals surface area contributed by atoms with Crippen LogP contribution in [0.3, 0.4) is 0 Å². The van der Waals surface area contributed by atoms with Gasteiger partial charge in [0.2, 0.25) is 0 Å². The largest absolute Gasteiger partial charge is 0.497 e. The summed E-state index contributed by atoms with van der Waals surface area (Å²) in [5, 5.41) is 0.805. The SMILES string of the molecule is COc1ccc2c(OCc3cc(F)cc(S(C)(=N)=O)c3)ccnc2c1. The van der Waals surface area contributed by atoms with Gasteiger partial charge in [-0.15, -0.1) is 0 Å². The molecular weight excluding hydrogens is 343 g/mol. The summed E-state index contributed by atoms with van der Waals surface area (Å²) in [7, 11) is -1.41. The molecule has 130 valence electrons. The van der Waals surface area contributed by atoms with Gasteiger partial charge in [-0.25, -0.2) is 13.4 Å². The van der Waals surface area contributed by atoms with Gasteiger partial charge in [0.1, 0.15) is 23.9 Å². The number of rotatable bonds is 5. The van der Waals surface area contributed by atoms with Gasteiger partial charge >= 0.3 is 0 Å². The van der Waals surface area contributed by atoms with E-state index in [9.17, 15) is 8.60 Å². The van der Waals surface area contributed by atoms with Gasteiger partial charge in [-0.1, -0.05) is 0 Å². The molecule has 1 heterocycles. The first-order valence-electron chi connectivity index (χ1n) is 7.45. The molecule has 7 heteroatoms. The Morgan fingerprint density at radius 3 is 2.72 bits per heavy atom. The smallest absolute Gasteiger partial charge is 0.130 e. The van der Waals surface area contributed by atoms with Gasteiger partial charge in [-0.05, 0) is 42.0 Å². The van der Waals surface area contributed by atoms with Gasteiger partial charge in [-0.2, -0.15) is 0 Å². The third-order valence-electron chi connectivity index (χ3n) is 3.69. The van der Waals surface area contributed by atoms with Crippen LogP contribution in [0.2, 0.25) is 0 Å². The number of nitrogens with one attached hydrogen (secondary N) is 1. The van der Waals surface area contributed by atoms with Crippen molar-refractivity contribution in [1.82, 2.24) is 4.98 Å². The third-order valence-corrected chi connectivity index (χ3v) is 4.82. The molecule has 1 atom stereocenters. The van der Waals surface area contributed by atoms with Crippen molar-refractivity contribution in [2.24, 2.45) is 0 Å². The number of fused-ring (bicyclic) bond motifs is 1. The molecular formula is C18H17FN2O3S. The second kappa shape index (κ2) is 6.68. The van der Waals surface area contributed by atoms with Gasteiger partial charge in [0.25, 0.3) is 0 Å². The van der Waals surface area contributed by atoms with Gasteiger partial charge in [0.15, 0.2) is 0 Å². The first kappa shape index (κ1) is 17.2. The highest BCUT2D eigenvalue weighted by atomic mass is 32.2. The maximum atomic E-state index is 13.7. The molecule has 0 aliphatic rings. The fourth-order valence-electron chi connectivity index (χ4n) is 2.44. The van der Waals surface area contributed by atoms with Crippen molar-refractivity contribution in [1.29, 1.82) is 4.78 Å². The number of aromatic nitrogens is 1. The summed E-state index contributed by atoms with van der Waals surface area (Å²) in [6.07, 6.45) is 2.88. The number of hydrogen-bond acceptors (Lipinski definition) is 5. The summed E-state index contributed by atoms with van der Waals surface area (Å²) < 4.78 is 44.2. The molecule has 0 bridgehead atoms. The molecule has 1 aromatic heterocycles. The molecule has 0 radical (unpaired) electrons. The van der Waals surface area contributed by atoms with Crippen LogP contribution in [0.4, 0.5) is 4.39 Å². The first-order chi connectivity index (χ1) is 11.9. The Hall–Kier alpha value is -2.67. The molecule has 1 N–H and O–H groups in total. The van der Waals surface area contributed by atoms with Crippen molar-refractivity contribution in [3.05, 3.63) is 60.0 Å². The Labute approximate surface area is 145 Å². The maximum absolute atomic E-state index is 13.7. The molecule has 3 aromatic rings. The van der Waals surface area contributed by atoms with E-state index in [-0.39, 0.29) is 11.5 Å². The minimum atomic E-state index is -2.99. The molecule has 5 nitrogen and oxygen atoms in total. The van der Waals surface area contributed by atoms with Gasteiger partial charge in [0, 0.05) is 23.9 Å². The molecule has 25 heavy (non-hydrogen) atoms. The number of nitrogens with zero attached hydrogens (tertiary/aromatic N) is 1. The highest BCUT2D eigenvalue weighted by Crippen LogP contribution is 2.28. The molecule has 0 saturated carbocycles. The van der Waals surface area contributed by atoms with Gasteiger partial charge in [-0.3, -0.25) is 4.98 Å². The van der Waals surface area contributed by atoms with Crippen LogP contribution in [0, 0.1) is 10.6 Å². The number of methoxy groups -OCH3 is 1. The van der Waals surface area contributed by atoms with Crippen LogP contribution in [-0.2, 0) is 16.3 Å². The van der Waals surface area contributed by atoms with Crippen LogP contribution in [-0.4, -0.2) is 22.6 Å². The summed E-state index contributed by atoms with van der Waals surface area (Å²) >= 11 is 0. The van der Waals surface area contributed by atoms with E-state index in [1.165, 1.54) is 18.4 Å². The molecule has 0 amide bonds. The highest BCUT2D eigenvalue weighted by Gasteiger charge is 2.09. The summed E-state index contributed by atoms with van der Waals surface area (Å²) in [5.74, 6) is 0.754. The number of halogens is 1. The highest BCUT2D eigenvalue weighted by molar-refractivity contribution is 7.91. The maximum Gasteiger partial charge on any atom is 0.130 e. The normalized spacial score (nSPS) is 13.4. The van der Waals surface area contributed by atoms with Gasteiger partial charge in [0.05, 0.1) is 27.3 Å². The van der Waals surface area contributed by atoms with E-state index < -0.39 is 15.5 Å². The second-order valence-corrected chi connectivity index (χ2v) is 7.78. The van der Waals surface area contributed by atoms with E-state index >= 15 is 0 Å². The van der Waals surface area contributed by atoms with E-state index in [0.717, 1.165) is 17.0 Å². The molecule has 3 rings (SSSR count). The second-order valence-electron chi connectivity index (χ2n) is 5.62. The predicted octanol–water partition coefficient (Wildman–Crippen LogP) is 4.00. The van der Waals surface area contributed by atoms with Crippen LogP contribution in [0.1, 0.15) is 5.56 Å². The van der Waals surface area contributed by atoms with Crippen LogP contribution >= 0.6 is 0 Å². The monoisotopic (exact) mass is 360 g/mol. The Bertz CT molecular complexity index is 1040. The number of ether oxygens (including phenoxy) is 2. The van der Waals surface area contributed by atoms with Gasteiger partial charge < -0.3 is 9.47 Å². The topological polar surface area (TPSA) is 72.3 Å². The summed E-state index contributed by atoms with van der Waals surface area (Å²) in [6.45, 7) is 0.0887. The predicted molar refractivity (Wildman–Crippen MR) is 94.1 cm³/mol. The van der Waals surface area contributed by atoms with Crippen molar-refractivity contribution in [3.8, 4) is 11.5 Å². The molecule has 2 aromatic carbocycles. The van der Waals surface area contributed by atoms with Crippen LogP contribution in [0.5, 0.6) is 11.5 Å². The Morgan fingerprint density at radius 1 is 1.20 bits per heavy atom. The molecule has 0 aliphatic heterocycles. The number of benzene rings is 2.